The molecule has 4 rings (SSSR count). The molecule has 1 fully saturated rings. The van der Waals surface area contributed by atoms with E-state index in [1.807, 2.05) is 29.2 Å². The highest BCUT2D eigenvalue weighted by Gasteiger charge is 2.21. The number of nitrogens with one attached hydrogen (secondary N) is 1. The standard InChI is InChI=1S/C24H25ClN4O2/c1-17-21(16-18-15-19(25)7-8-22(18)27-17)24(31)26-10-9-23(30)29-13-11-28(12-14-29)20-5-3-2-4-6-20/h2-8,15-16H,9-14H2,1H3,(H,26,31). The highest BCUT2D eigenvalue weighted by molar-refractivity contribution is 6.31. The number of carbonyl (C=O) groups is 2. The molecule has 1 aliphatic heterocycles. The number of carbonyl (C=O) groups excluding carboxylic acids is 2. The van der Waals surface area contributed by atoms with Crippen molar-refractivity contribution in [3.63, 3.8) is 0 Å². The third-order valence-electron chi connectivity index (χ3n) is 5.59. The molecule has 1 saturated heterocycles. The van der Waals surface area contributed by atoms with Gasteiger partial charge in [0.1, 0.15) is 0 Å². The minimum Gasteiger partial charge on any atom is -0.368 e. The second-order valence-electron chi connectivity index (χ2n) is 7.67. The number of para-hydroxylation sites is 1. The fraction of sp³-hybridized carbons (Fsp3) is 0.292. The lowest BCUT2D eigenvalue weighted by Crippen LogP contribution is -2.49. The Labute approximate surface area is 186 Å². The van der Waals surface area contributed by atoms with Gasteiger partial charge in [-0.1, -0.05) is 29.8 Å². The van der Waals surface area contributed by atoms with Crippen molar-refractivity contribution < 1.29 is 9.59 Å². The molecule has 0 spiro atoms. The van der Waals surface area contributed by atoms with Gasteiger partial charge in [-0.05, 0) is 43.3 Å². The van der Waals surface area contributed by atoms with Crippen molar-refractivity contribution in [1.82, 2.24) is 15.2 Å². The normalized spacial score (nSPS) is 14.0. The van der Waals surface area contributed by atoms with Crippen molar-refractivity contribution in [1.29, 1.82) is 0 Å². The maximum Gasteiger partial charge on any atom is 0.253 e. The third kappa shape index (κ3) is 4.97. The van der Waals surface area contributed by atoms with Gasteiger partial charge in [0.05, 0.1) is 16.8 Å². The smallest absolute Gasteiger partial charge is 0.253 e. The van der Waals surface area contributed by atoms with E-state index in [4.69, 9.17) is 11.6 Å². The van der Waals surface area contributed by atoms with Gasteiger partial charge in [0, 0.05) is 55.2 Å². The molecular weight excluding hydrogens is 412 g/mol. The van der Waals surface area contributed by atoms with Crippen LogP contribution in [-0.2, 0) is 4.79 Å². The van der Waals surface area contributed by atoms with Crippen LogP contribution < -0.4 is 10.2 Å². The first-order chi connectivity index (χ1) is 15.0. The predicted octanol–water partition coefficient (Wildman–Crippen LogP) is 3.67. The predicted molar refractivity (Wildman–Crippen MR) is 124 cm³/mol. The molecule has 3 aromatic rings. The van der Waals surface area contributed by atoms with Crippen LogP contribution in [0, 0.1) is 6.92 Å². The number of benzene rings is 2. The average Bonchev–Trinajstić information content (AvgIpc) is 2.79. The summed E-state index contributed by atoms with van der Waals surface area (Å²) in [6, 6.07) is 17.4. The summed E-state index contributed by atoms with van der Waals surface area (Å²) in [6.07, 6.45) is 0.281. The molecule has 0 unspecified atom stereocenters. The molecule has 0 aliphatic carbocycles. The van der Waals surface area contributed by atoms with E-state index in [0.29, 0.717) is 35.9 Å². The fourth-order valence-electron chi connectivity index (χ4n) is 3.86. The SMILES string of the molecule is Cc1nc2ccc(Cl)cc2cc1C(=O)NCCC(=O)N1CCN(c2ccccc2)CC1. The van der Waals surface area contributed by atoms with E-state index in [1.165, 1.54) is 5.69 Å². The number of hydrogen-bond donors (Lipinski definition) is 1. The van der Waals surface area contributed by atoms with Crippen molar-refractivity contribution >= 4 is 40.0 Å². The van der Waals surface area contributed by atoms with Crippen molar-refractivity contribution in [2.24, 2.45) is 0 Å². The van der Waals surface area contributed by atoms with Crippen LogP contribution in [0.2, 0.25) is 5.02 Å². The number of aryl methyl sites for hydroxylation is 1. The zero-order valence-corrected chi connectivity index (χ0v) is 18.2. The van der Waals surface area contributed by atoms with E-state index >= 15 is 0 Å². The first kappa shape index (κ1) is 21.1. The summed E-state index contributed by atoms with van der Waals surface area (Å²) in [5.41, 5.74) is 3.13. The molecule has 2 amide bonds. The summed E-state index contributed by atoms with van der Waals surface area (Å²) in [5, 5.41) is 4.27. The van der Waals surface area contributed by atoms with E-state index in [1.54, 1.807) is 25.1 Å². The molecule has 0 saturated carbocycles. The molecule has 7 heteroatoms. The number of rotatable bonds is 5. The molecule has 0 radical (unpaired) electrons. The Morgan fingerprint density at radius 1 is 1.03 bits per heavy atom. The minimum atomic E-state index is -0.228. The summed E-state index contributed by atoms with van der Waals surface area (Å²) in [5.74, 6) is -0.165. The van der Waals surface area contributed by atoms with Gasteiger partial charge in [-0.3, -0.25) is 14.6 Å². The molecule has 1 aromatic heterocycles. The molecule has 1 N–H and O–H groups in total. The highest BCUT2D eigenvalue weighted by atomic mass is 35.5. The van der Waals surface area contributed by atoms with E-state index in [0.717, 1.165) is 24.0 Å². The topological polar surface area (TPSA) is 65.5 Å². The number of pyridine rings is 1. The summed E-state index contributed by atoms with van der Waals surface area (Å²) in [6.45, 7) is 5.11. The first-order valence-corrected chi connectivity index (χ1v) is 10.8. The van der Waals surface area contributed by atoms with Gasteiger partial charge in [0.15, 0.2) is 0 Å². The summed E-state index contributed by atoms with van der Waals surface area (Å²) in [4.78, 5) is 33.8. The van der Waals surface area contributed by atoms with Crippen molar-refractivity contribution in [3.05, 3.63) is 70.9 Å². The largest absolute Gasteiger partial charge is 0.368 e. The van der Waals surface area contributed by atoms with Crippen LogP contribution in [0.3, 0.4) is 0 Å². The number of anilines is 1. The maximum atomic E-state index is 12.6. The average molecular weight is 437 g/mol. The van der Waals surface area contributed by atoms with Gasteiger partial charge in [-0.2, -0.15) is 0 Å². The second kappa shape index (κ2) is 9.35. The Kier molecular flexibility index (Phi) is 6.37. The summed E-state index contributed by atoms with van der Waals surface area (Å²) in [7, 11) is 0. The molecule has 2 aromatic carbocycles. The quantitative estimate of drug-likeness (QED) is 0.662. The van der Waals surface area contributed by atoms with Gasteiger partial charge in [-0.25, -0.2) is 0 Å². The number of hydrogen-bond acceptors (Lipinski definition) is 4. The third-order valence-corrected chi connectivity index (χ3v) is 5.83. The van der Waals surface area contributed by atoms with Crippen molar-refractivity contribution in [2.45, 2.75) is 13.3 Å². The second-order valence-corrected chi connectivity index (χ2v) is 8.10. The van der Waals surface area contributed by atoms with Gasteiger partial charge in [0.25, 0.3) is 5.91 Å². The van der Waals surface area contributed by atoms with Gasteiger partial charge < -0.3 is 15.1 Å². The van der Waals surface area contributed by atoms with Crippen LogP contribution in [0.4, 0.5) is 5.69 Å². The summed E-state index contributed by atoms with van der Waals surface area (Å²) >= 11 is 6.05. The zero-order chi connectivity index (χ0) is 21.8. The van der Waals surface area contributed by atoms with Crippen LogP contribution >= 0.6 is 11.6 Å². The van der Waals surface area contributed by atoms with Crippen LogP contribution in [-0.4, -0.2) is 54.4 Å². The minimum absolute atomic E-state index is 0.0631. The van der Waals surface area contributed by atoms with Crippen LogP contribution in [0.15, 0.2) is 54.6 Å². The van der Waals surface area contributed by atoms with Gasteiger partial charge in [0.2, 0.25) is 5.91 Å². The zero-order valence-electron chi connectivity index (χ0n) is 17.5. The molecule has 160 valence electrons. The first-order valence-electron chi connectivity index (χ1n) is 10.4. The molecule has 0 bridgehead atoms. The number of halogens is 1. The van der Waals surface area contributed by atoms with Gasteiger partial charge >= 0.3 is 0 Å². The monoisotopic (exact) mass is 436 g/mol. The molecule has 6 nitrogen and oxygen atoms in total. The Bertz CT molecular complexity index is 1100. The molecular formula is C24H25ClN4O2. The van der Waals surface area contributed by atoms with Crippen LogP contribution in [0.25, 0.3) is 10.9 Å². The van der Waals surface area contributed by atoms with E-state index < -0.39 is 0 Å². The van der Waals surface area contributed by atoms with E-state index in [9.17, 15) is 9.59 Å². The van der Waals surface area contributed by atoms with E-state index in [2.05, 4.69) is 27.3 Å². The number of piperazine rings is 1. The highest BCUT2D eigenvalue weighted by Crippen LogP contribution is 2.21. The Morgan fingerprint density at radius 3 is 2.52 bits per heavy atom. The van der Waals surface area contributed by atoms with Crippen LogP contribution in [0.1, 0.15) is 22.5 Å². The van der Waals surface area contributed by atoms with Crippen molar-refractivity contribution in [2.75, 3.05) is 37.6 Å². The fourth-order valence-corrected chi connectivity index (χ4v) is 4.04. The number of nitrogens with zero attached hydrogens (tertiary/aromatic N) is 3. The lowest BCUT2D eigenvalue weighted by molar-refractivity contribution is -0.131. The Morgan fingerprint density at radius 2 is 1.77 bits per heavy atom. The Hall–Kier alpha value is -3.12. The molecule has 2 heterocycles. The molecule has 31 heavy (non-hydrogen) atoms. The lowest BCUT2D eigenvalue weighted by atomic mass is 10.1. The number of aromatic nitrogens is 1. The Balaban J connectivity index is 1.28. The molecule has 1 aliphatic rings. The molecule has 0 atom stereocenters. The number of amides is 2. The van der Waals surface area contributed by atoms with Gasteiger partial charge in [-0.15, -0.1) is 0 Å². The van der Waals surface area contributed by atoms with Crippen LogP contribution in [0.5, 0.6) is 0 Å². The van der Waals surface area contributed by atoms with Crippen molar-refractivity contribution in [3.8, 4) is 0 Å². The lowest BCUT2D eigenvalue weighted by Gasteiger charge is -2.36. The van der Waals surface area contributed by atoms with E-state index in [-0.39, 0.29) is 18.2 Å². The number of fused-ring (bicyclic) bond motifs is 1. The summed E-state index contributed by atoms with van der Waals surface area (Å²) < 4.78 is 0. The maximum absolute atomic E-state index is 12.6.